The molecule has 0 saturated carbocycles. The van der Waals surface area contributed by atoms with Gasteiger partial charge in [-0.15, -0.1) is 0 Å². The predicted octanol–water partition coefficient (Wildman–Crippen LogP) is 5.46. The SMILES string of the molecule is C=C/C=C\c1c(NC)nc2cc(Cl)ccc2c1C.CC. The molecule has 0 saturated heterocycles. The lowest BCUT2D eigenvalue weighted by Gasteiger charge is -2.11. The zero-order valence-corrected chi connectivity index (χ0v) is 13.3. The number of rotatable bonds is 3. The highest BCUT2D eigenvalue weighted by Crippen LogP contribution is 2.28. The van der Waals surface area contributed by atoms with Gasteiger partial charge in [-0.25, -0.2) is 4.98 Å². The summed E-state index contributed by atoms with van der Waals surface area (Å²) >= 11 is 6.00. The van der Waals surface area contributed by atoms with Crippen LogP contribution in [0.4, 0.5) is 5.82 Å². The van der Waals surface area contributed by atoms with E-state index in [1.54, 1.807) is 6.08 Å². The standard InChI is InChI=1S/C15H15ClN2.C2H6/c1-4-5-6-13-10(2)12-8-7-11(16)9-14(12)18-15(13)17-3;1-2/h4-9H,1H2,2-3H3,(H,17,18);1-2H3/b6-5-;. The van der Waals surface area contributed by atoms with E-state index in [9.17, 15) is 0 Å². The first-order chi connectivity index (χ1) is 9.67. The van der Waals surface area contributed by atoms with Crippen LogP contribution in [0.5, 0.6) is 0 Å². The molecular weight excluding hydrogens is 268 g/mol. The lowest BCUT2D eigenvalue weighted by Crippen LogP contribution is -1.99. The minimum Gasteiger partial charge on any atom is -0.373 e. The van der Waals surface area contributed by atoms with Gasteiger partial charge in [0.1, 0.15) is 5.82 Å². The van der Waals surface area contributed by atoms with Crippen LogP contribution in [-0.2, 0) is 0 Å². The highest BCUT2D eigenvalue weighted by atomic mass is 35.5. The van der Waals surface area contributed by atoms with Crippen LogP contribution in [0.15, 0.2) is 36.9 Å². The molecule has 1 aromatic heterocycles. The highest BCUT2D eigenvalue weighted by Gasteiger charge is 2.09. The number of hydrogen-bond acceptors (Lipinski definition) is 2. The fourth-order valence-corrected chi connectivity index (χ4v) is 2.14. The number of aryl methyl sites for hydroxylation is 1. The van der Waals surface area contributed by atoms with Crippen LogP contribution in [-0.4, -0.2) is 12.0 Å². The van der Waals surface area contributed by atoms with E-state index in [1.165, 1.54) is 5.56 Å². The molecule has 1 heterocycles. The largest absolute Gasteiger partial charge is 0.373 e. The minimum absolute atomic E-state index is 0.700. The Balaban J connectivity index is 0.000000956. The molecule has 2 nitrogen and oxygen atoms in total. The molecule has 0 aliphatic heterocycles. The van der Waals surface area contributed by atoms with Crippen molar-refractivity contribution in [3.05, 3.63) is 53.1 Å². The Morgan fingerprint density at radius 2 is 2.00 bits per heavy atom. The summed E-state index contributed by atoms with van der Waals surface area (Å²) in [4.78, 5) is 4.59. The van der Waals surface area contributed by atoms with Crippen LogP contribution in [0.25, 0.3) is 17.0 Å². The van der Waals surface area contributed by atoms with Gasteiger partial charge in [0.25, 0.3) is 0 Å². The highest BCUT2D eigenvalue weighted by molar-refractivity contribution is 6.31. The topological polar surface area (TPSA) is 24.9 Å². The summed E-state index contributed by atoms with van der Waals surface area (Å²) in [6.45, 7) is 9.77. The van der Waals surface area contributed by atoms with E-state index in [0.29, 0.717) is 5.02 Å². The van der Waals surface area contributed by atoms with Crippen molar-refractivity contribution in [2.24, 2.45) is 0 Å². The molecular formula is C17H21ClN2. The second kappa shape index (κ2) is 7.71. The van der Waals surface area contributed by atoms with E-state index in [4.69, 9.17) is 11.6 Å². The predicted molar refractivity (Wildman–Crippen MR) is 91.6 cm³/mol. The fourth-order valence-electron chi connectivity index (χ4n) is 1.98. The molecule has 3 heteroatoms. The monoisotopic (exact) mass is 288 g/mol. The summed E-state index contributed by atoms with van der Waals surface area (Å²) in [6, 6.07) is 5.77. The zero-order chi connectivity index (χ0) is 15.1. The van der Waals surface area contributed by atoms with E-state index in [2.05, 4.69) is 23.8 Å². The Morgan fingerprint density at radius 1 is 1.30 bits per heavy atom. The maximum atomic E-state index is 6.00. The number of halogens is 1. The van der Waals surface area contributed by atoms with Gasteiger partial charge in [0.05, 0.1) is 5.52 Å². The Hall–Kier alpha value is -1.80. The minimum atomic E-state index is 0.700. The number of nitrogens with zero attached hydrogens (tertiary/aromatic N) is 1. The third kappa shape index (κ3) is 3.40. The summed E-state index contributed by atoms with van der Waals surface area (Å²) < 4.78 is 0. The van der Waals surface area contributed by atoms with Crippen LogP contribution in [0.2, 0.25) is 5.02 Å². The molecule has 0 aliphatic rings. The number of fused-ring (bicyclic) bond motifs is 1. The first-order valence-corrected chi connectivity index (χ1v) is 7.12. The van der Waals surface area contributed by atoms with Crippen LogP contribution >= 0.6 is 11.6 Å². The van der Waals surface area contributed by atoms with E-state index in [1.807, 2.05) is 51.2 Å². The molecule has 2 aromatic rings. The van der Waals surface area contributed by atoms with Gasteiger partial charge in [0, 0.05) is 23.0 Å². The van der Waals surface area contributed by atoms with Crippen molar-refractivity contribution in [2.75, 3.05) is 12.4 Å². The van der Waals surface area contributed by atoms with Crippen LogP contribution in [0.3, 0.4) is 0 Å². The van der Waals surface area contributed by atoms with E-state index in [0.717, 1.165) is 22.3 Å². The van der Waals surface area contributed by atoms with Crippen molar-refractivity contribution < 1.29 is 0 Å². The smallest absolute Gasteiger partial charge is 0.133 e. The van der Waals surface area contributed by atoms with Crippen LogP contribution in [0.1, 0.15) is 25.0 Å². The van der Waals surface area contributed by atoms with Gasteiger partial charge >= 0.3 is 0 Å². The second-order valence-electron chi connectivity index (χ2n) is 4.01. The van der Waals surface area contributed by atoms with Gasteiger partial charge in [0.15, 0.2) is 0 Å². The third-order valence-corrected chi connectivity index (χ3v) is 3.13. The molecule has 106 valence electrons. The quantitative estimate of drug-likeness (QED) is 0.758. The van der Waals surface area contributed by atoms with Crippen LogP contribution in [0, 0.1) is 6.92 Å². The molecule has 0 aliphatic carbocycles. The van der Waals surface area contributed by atoms with E-state index >= 15 is 0 Å². The molecule has 1 aromatic carbocycles. The van der Waals surface area contributed by atoms with Crippen molar-refractivity contribution in [1.82, 2.24) is 4.98 Å². The molecule has 0 unspecified atom stereocenters. The number of anilines is 1. The summed E-state index contributed by atoms with van der Waals surface area (Å²) in [5.41, 5.74) is 3.16. The number of hydrogen-bond donors (Lipinski definition) is 1. The molecule has 0 radical (unpaired) electrons. The van der Waals surface area contributed by atoms with Gasteiger partial charge in [-0.1, -0.05) is 56.3 Å². The first-order valence-electron chi connectivity index (χ1n) is 6.74. The van der Waals surface area contributed by atoms with Gasteiger partial charge in [0.2, 0.25) is 0 Å². The molecule has 0 fully saturated rings. The summed E-state index contributed by atoms with van der Waals surface area (Å²) in [7, 11) is 1.86. The average Bonchev–Trinajstić information content (AvgIpc) is 2.47. The number of pyridine rings is 1. The van der Waals surface area contributed by atoms with Crippen molar-refractivity contribution in [2.45, 2.75) is 20.8 Å². The number of allylic oxidation sites excluding steroid dienone is 2. The summed E-state index contributed by atoms with van der Waals surface area (Å²) in [5.74, 6) is 0.848. The Kier molecular flexibility index (Phi) is 6.26. The van der Waals surface area contributed by atoms with Crippen molar-refractivity contribution in [3.63, 3.8) is 0 Å². The molecule has 0 bridgehead atoms. The summed E-state index contributed by atoms with van der Waals surface area (Å²) in [5, 5.41) is 4.93. The fraction of sp³-hybridized carbons (Fsp3) is 0.235. The number of benzene rings is 1. The summed E-state index contributed by atoms with van der Waals surface area (Å²) in [6.07, 6.45) is 5.67. The normalized spacial score (nSPS) is 10.2. The van der Waals surface area contributed by atoms with E-state index < -0.39 is 0 Å². The first kappa shape index (κ1) is 16.3. The number of aromatic nitrogens is 1. The lowest BCUT2D eigenvalue weighted by atomic mass is 10.0. The molecule has 0 atom stereocenters. The van der Waals surface area contributed by atoms with Crippen molar-refractivity contribution in [1.29, 1.82) is 0 Å². The number of nitrogens with one attached hydrogen (secondary N) is 1. The lowest BCUT2D eigenvalue weighted by molar-refractivity contribution is 1.30. The Labute approximate surface area is 126 Å². The van der Waals surface area contributed by atoms with Crippen molar-refractivity contribution in [3.8, 4) is 0 Å². The maximum Gasteiger partial charge on any atom is 0.133 e. The molecule has 2 rings (SSSR count). The third-order valence-electron chi connectivity index (χ3n) is 2.89. The van der Waals surface area contributed by atoms with Gasteiger partial charge < -0.3 is 5.32 Å². The van der Waals surface area contributed by atoms with Gasteiger partial charge in [-0.3, -0.25) is 0 Å². The second-order valence-corrected chi connectivity index (χ2v) is 4.44. The van der Waals surface area contributed by atoms with Crippen LogP contribution < -0.4 is 5.32 Å². The Morgan fingerprint density at radius 3 is 2.60 bits per heavy atom. The van der Waals surface area contributed by atoms with E-state index in [-0.39, 0.29) is 0 Å². The average molecular weight is 289 g/mol. The van der Waals surface area contributed by atoms with Gasteiger partial charge in [-0.2, -0.15) is 0 Å². The van der Waals surface area contributed by atoms with Crippen molar-refractivity contribution >= 4 is 34.4 Å². The molecule has 1 N–H and O–H groups in total. The maximum absolute atomic E-state index is 6.00. The molecule has 20 heavy (non-hydrogen) atoms. The Bertz CT molecular complexity index is 630. The van der Waals surface area contributed by atoms with Gasteiger partial charge in [-0.05, 0) is 24.6 Å². The molecule has 0 amide bonds. The zero-order valence-electron chi connectivity index (χ0n) is 12.5. The molecule has 0 spiro atoms.